The van der Waals surface area contributed by atoms with Crippen LogP contribution in [0.5, 0.6) is 0 Å². The van der Waals surface area contributed by atoms with Gasteiger partial charge >= 0.3 is 6.18 Å². The molecule has 0 amide bonds. The molecule has 3 N–H and O–H groups in total. The zero-order valence-electron chi connectivity index (χ0n) is 9.89. The van der Waals surface area contributed by atoms with Crippen molar-refractivity contribution in [3.63, 3.8) is 0 Å². The lowest BCUT2D eigenvalue weighted by molar-refractivity contribution is -0.115. The number of halogens is 3. The molecule has 0 radical (unpaired) electrons. The summed E-state index contributed by atoms with van der Waals surface area (Å²) in [5.74, 6) is 0.772. The van der Waals surface area contributed by atoms with Gasteiger partial charge in [-0.2, -0.15) is 13.2 Å². The van der Waals surface area contributed by atoms with Crippen LogP contribution in [-0.2, 0) is 0 Å². The summed E-state index contributed by atoms with van der Waals surface area (Å²) < 4.78 is 36.3. The lowest BCUT2D eigenvalue weighted by atomic mass is 10.2. The Hall–Kier alpha value is -1.53. The number of nitrogen functional groups attached to an aromatic ring is 1. The van der Waals surface area contributed by atoms with Gasteiger partial charge in [-0.3, -0.25) is 0 Å². The van der Waals surface area contributed by atoms with Crippen LogP contribution in [0.3, 0.4) is 0 Å². The van der Waals surface area contributed by atoms with Crippen molar-refractivity contribution in [1.29, 1.82) is 0 Å². The second-order valence-corrected chi connectivity index (χ2v) is 4.06. The number of hydrogen-bond acceptors (Lipinski definition) is 4. The van der Waals surface area contributed by atoms with Gasteiger partial charge in [-0.15, -0.1) is 0 Å². The predicted molar refractivity (Wildman–Crippen MR) is 59.8 cm³/mol. The molecule has 0 aromatic carbocycles. The average Bonchev–Trinajstić information content (AvgIpc) is 2.18. The van der Waals surface area contributed by atoms with Gasteiger partial charge in [-0.1, -0.05) is 13.8 Å². The maximum Gasteiger partial charge on any atom is 0.405 e. The van der Waals surface area contributed by atoms with E-state index in [0.29, 0.717) is 11.4 Å². The van der Waals surface area contributed by atoms with Crippen molar-refractivity contribution in [2.24, 2.45) is 0 Å². The Balaban J connectivity index is 2.98. The fourth-order valence-corrected chi connectivity index (χ4v) is 1.17. The monoisotopic (exact) mass is 248 g/mol. The lowest BCUT2D eigenvalue weighted by Gasteiger charge is -2.14. The molecule has 0 unspecified atom stereocenters. The number of anilines is 2. The third kappa shape index (κ3) is 3.76. The van der Waals surface area contributed by atoms with Crippen LogP contribution >= 0.6 is 0 Å². The minimum absolute atomic E-state index is 0.00402. The van der Waals surface area contributed by atoms with Gasteiger partial charge < -0.3 is 11.1 Å². The summed E-state index contributed by atoms with van der Waals surface area (Å²) >= 11 is 0. The van der Waals surface area contributed by atoms with E-state index < -0.39 is 12.7 Å². The number of nitrogens with two attached hydrogens (primary N) is 1. The zero-order chi connectivity index (χ0) is 13.2. The number of alkyl halides is 3. The van der Waals surface area contributed by atoms with Gasteiger partial charge in [-0.05, 0) is 6.92 Å². The van der Waals surface area contributed by atoms with E-state index in [0.717, 1.165) is 0 Å². The molecular formula is C10H15F3N4. The zero-order valence-corrected chi connectivity index (χ0v) is 9.89. The first kappa shape index (κ1) is 13.5. The third-order valence-electron chi connectivity index (χ3n) is 2.17. The second kappa shape index (κ2) is 4.77. The summed E-state index contributed by atoms with van der Waals surface area (Å²) in [7, 11) is 0. The summed E-state index contributed by atoms with van der Waals surface area (Å²) in [6.45, 7) is 4.13. The van der Waals surface area contributed by atoms with E-state index in [2.05, 4.69) is 15.3 Å². The van der Waals surface area contributed by atoms with Crippen LogP contribution in [0.25, 0.3) is 0 Å². The Morgan fingerprint density at radius 1 is 1.29 bits per heavy atom. The molecule has 96 valence electrons. The van der Waals surface area contributed by atoms with Gasteiger partial charge in [0.25, 0.3) is 0 Å². The summed E-state index contributed by atoms with van der Waals surface area (Å²) in [5.41, 5.74) is 6.06. The van der Waals surface area contributed by atoms with Crippen LogP contribution in [0.15, 0.2) is 0 Å². The number of rotatable bonds is 3. The smallest absolute Gasteiger partial charge is 0.383 e. The molecular weight excluding hydrogens is 233 g/mol. The van der Waals surface area contributed by atoms with Crippen molar-refractivity contribution in [1.82, 2.24) is 9.97 Å². The quantitative estimate of drug-likeness (QED) is 0.862. The van der Waals surface area contributed by atoms with E-state index in [-0.39, 0.29) is 17.6 Å². The average molecular weight is 248 g/mol. The summed E-state index contributed by atoms with van der Waals surface area (Å²) in [6, 6.07) is 0. The van der Waals surface area contributed by atoms with E-state index in [1.807, 2.05) is 13.8 Å². The minimum Gasteiger partial charge on any atom is -0.383 e. The van der Waals surface area contributed by atoms with E-state index in [9.17, 15) is 13.2 Å². The van der Waals surface area contributed by atoms with Gasteiger partial charge in [0.2, 0.25) is 0 Å². The molecule has 0 aliphatic carbocycles. The molecule has 0 aliphatic rings. The van der Waals surface area contributed by atoms with Gasteiger partial charge in [0.15, 0.2) is 0 Å². The number of nitrogens with one attached hydrogen (secondary N) is 1. The molecule has 1 aromatic heterocycles. The first-order chi connectivity index (χ1) is 7.70. The Morgan fingerprint density at radius 3 is 2.35 bits per heavy atom. The Labute approximate surface area is 97.4 Å². The van der Waals surface area contributed by atoms with Crippen molar-refractivity contribution in [3.8, 4) is 0 Å². The van der Waals surface area contributed by atoms with Crippen molar-refractivity contribution in [2.75, 3.05) is 17.6 Å². The molecule has 0 saturated carbocycles. The first-order valence-electron chi connectivity index (χ1n) is 5.15. The van der Waals surface area contributed by atoms with Crippen molar-refractivity contribution >= 4 is 11.6 Å². The highest BCUT2D eigenvalue weighted by Gasteiger charge is 2.27. The summed E-state index contributed by atoms with van der Waals surface area (Å²) in [5, 5.41) is 2.23. The highest BCUT2D eigenvalue weighted by Crippen LogP contribution is 2.22. The molecule has 0 spiro atoms. The number of hydrogen-bond donors (Lipinski definition) is 2. The van der Waals surface area contributed by atoms with Gasteiger partial charge in [0.1, 0.15) is 24.0 Å². The Bertz CT molecular complexity index is 401. The van der Waals surface area contributed by atoms with Crippen molar-refractivity contribution < 1.29 is 13.2 Å². The molecule has 0 atom stereocenters. The fourth-order valence-electron chi connectivity index (χ4n) is 1.17. The molecule has 7 heteroatoms. The molecule has 0 bridgehead atoms. The molecule has 1 heterocycles. The first-order valence-corrected chi connectivity index (χ1v) is 5.15. The van der Waals surface area contributed by atoms with Gasteiger partial charge in [0.05, 0.1) is 0 Å². The standard InChI is InChI=1S/C10H15F3N4/c1-5(2)8-16-7(14)6(3)9(17-8)15-4-10(11,12)13/h5H,4H2,1-3H3,(H3,14,15,16,17). The van der Waals surface area contributed by atoms with Crippen LogP contribution in [0.4, 0.5) is 24.8 Å². The van der Waals surface area contributed by atoms with E-state index in [4.69, 9.17) is 5.73 Å². The van der Waals surface area contributed by atoms with Gasteiger partial charge in [0, 0.05) is 11.5 Å². The van der Waals surface area contributed by atoms with Crippen LogP contribution in [-0.4, -0.2) is 22.7 Å². The molecule has 0 saturated heterocycles. The SMILES string of the molecule is Cc1c(N)nc(C(C)C)nc1NCC(F)(F)F. The predicted octanol–water partition coefficient (Wildman–Crippen LogP) is 2.46. The molecule has 1 rings (SSSR count). The molecule has 0 fully saturated rings. The summed E-state index contributed by atoms with van der Waals surface area (Å²) in [6.07, 6.45) is -4.29. The molecule has 4 nitrogen and oxygen atoms in total. The maximum atomic E-state index is 12.1. The van der Waals surface area contributed by atoms with Crippen molar-refractivity contribution in [2.45, 2.75) is 32.9 Å². The second-order valence-electron chi connectivity index (χ2n) is 4.06. The van der Waals surface area contributed by atoms with Gasteiger partial charge in [-0.25, -0.2) is 9.97 Å². The van der Waals surface area contributed by atoms with Crippen LogP contribution < -0.4 is 11.1 Å². The molecule has 17 heavy (non-hydrogen) atoms. The molecule has 0 aliphatic heterocycles. The van der Waals surface area contributed by atoms with Crippen LogP contribution in [0, 0.1) is 6.92 Å². The highest BCUT2D eigenvalue weighted by molar-refractivity contribution is 5.55. The lowest BCUT2D eigenvalue weighted by Crippen LogP contribution is -2.23. The maximum absolute atomic E-state index is 12.1. The topological polar surface area (TPSA) is 63.8 Å². The largest absolute Gasteiger partial charge is 0.405 e. The Morgan fingerprint density at radius 2 is 1.88 bits per heavy atom. The third-order valence-corrected chi connectivity index (χ3v) is 2.17. The van der Waals surface area contributed by atoms with Crippen molar-refractivity contribution in [3.05, 3.63) is 11.4 Å². The Kier molecular flexibility index (Phi) is 3.79. The minimum atomic E-state index is -4.29. The van der Waals surface area contributed by atoms with E-state index >= 15 is 0 Å². The van der Waals surface area contributed by atoms with Crippen LogP contribution in [0.1, 0.15) is 31.2 Å². The van der Waals surface area contributed by atoms with E-state index in [1.165, 1.54) is 0 Å². The highest BCUT2D eigenvalue weighted by atomic mass is 19.4. The fraction of sp³-hybridized carbons (Fsp3) is 0.600. The number of nitrogens with zero attached hydrogens (tertiary/aromatic N) is 2. The van der Waals surface area contributed by atoms with E-state index in [1.54, 1.807) is 6.92 Å². The van der Waals surface area contributed by atoms with Crippen LogP contribution in [0.2, 0.25) is 0 Å². The normalized spacial score (nSPS) is 11.9. The number of aromatic nitrogens is 2. The summed E-state index contributed by atoms with van der Waals surface area (Å²) in [4.78, 5) is 8.06. The molecule has 1 aromatic rings.